The second kappa shape index (κ2) is 8.42. The molecule has 1 N–H and O–H groups in total. The van der Waals surface area contributed by atoms with E-state index in [1.54, 1.807) is 11.3 Å². The third-order valence-corrected chi connectivity index (χ3v) is 4.56. The number of hydrogen-bond acceptors (Lipinski definition) is 3. The topological polar surface area (TPSA) is 21.3 Å². The first-order valence-corrected chi connectivity index (χ1v) is 8.56. The lowest BCUT2D eigenvalue weighted by Gasteiger charge is -2.12. The van der Waals surface area contributed by atoms with E-state index in [1.165, 1.54) is 5.56 Å². The summed E-state index contributed by atoms with van der Waals surface area (Å²) in [5.74, 6) is 0.906. The minimum atomic E-state index is 0.564. The van der Waals surface area contributed by atoms with Crippen LogP contribution in [0.5, 0.6) is 5.75 Å². The summed E-state index contributed by atoms with van der Waals surface area (Å²) in [4.78, 5) is 1.14. The molecular formula is C17H22ClNOS. The molecule has 114 valence electrons. The van der Waals surface area contributed by atoms with Gasteiger partial charge in [-0.2, -0.15) is 0 Å². The average Bonchev–Trinajstić information content (AvgIpc) is 2.90. The highest BCUT2D eigenvalue weighted by molar-refractivity contribution is 7.16. The van der Waals surface area contributed by atoms with Gasteiger partial charge in [-0.3, -0.25) is 0 Å². The zero-order valence-electron chi connectivity index (χ0n) is 12.6. The Balaban J connectivity index is 1.78. The standard InChI is InChI=1S/C17H22ClNOS/c1-3-19-13(2)4-5-14-6-8-15(9-7-14)20-12-16-10-11-17(18)21-16/h6-11,13,19H,3-5,12H2,1-2H3. The van der Waals surface area contributed by atoms with Crippen molar-refractivity contribution in [1.29, 1.82) is 0 Å². The number of halogens is 1. The Morgan fingerprint density at radius 1 is 1.19 bits per heavy atom. The summed E-state index contributed by atoms with van der Waals surface area (Å²) in [6, 6.07) is 12.9. The maximum atomic E-state index is 5.90. The molecule has 1 aromatic heterocycles. The Hall–Kier alpha value is -1.03. The van der Waals surface area contributed by atoms with E-state index in [0.29, 0.717) is 12.6 Å². The second-order valence-corrected chi connectivity index (χ2v) is 6.94. The average molecular weight is 324 g/mol. The third kappa shape index (κ3) is 5.70. The van der Waals surface area contributed by atoms with Crippen molar-refractivity contribution >= 4 is 22.9 Å². The first-order valence-electron chi connectivity index (χ1n) is 7.36. The van der Waals surface area contributed by atoms with Gasteiger partial charge >= 0.3 is 0 Å². The number of nitrogens with one attached hydrogen (secondary N) is 1. The molecular weight excluding hydrogens is 302 g/mol. The molecule has 1 atom stereocenters. The van der Waals surface area contributed by atoms with Crippen molar-refractivity contribution in [3.05, 3.63) is 51.2 Å². The number of aryl methyl sites for hydroxylation is 1. The summed E-state index contributed by atoms with van der Waals surface area (Å²) in [5.41, 5.74) is 1.35. The van der Waals surface area contributed by atoms with E-state index < -0.39 is 0 Å². The molecule has 0 fully saturated rings. The summed E-state index contributed by atoms with van der Waals surface area (Å²) in [6.45, 7) is 5.98. The Bertz CT molecular complexity index is 538. The molecule has 0 bridgehead atoms. The highest BCUT2D eigenvalue weighted by atomic mass is 35.5. The molecule has 2 rings (SSSR count). The SMILES string of the molecule is CCNC(C)CCc1ccc(OCc2ccc(Cl)s2)cc1. The van der Waals surface area contributed by atoms with Crippen LogP contribution in [0.2, 0.25) is 4.34 Å². The fourth-order valence-corrected chi connectivity index (χ4v) is 3.17. The van der Waals surface area contributed by atoms with Crippen molar-refractivity contribution in [3.63, 3.8) is 0 Å². The fraction of sp³-hybridized carbons (Fsp3) is 0.412. The molecule has 0 saturated carbocycles. The van der Waals surface area contributed by atoms with E-state index in [2.05, 4.69) is 31.3 Å². The predicted molar refractivity (Wildman–Crippen MR) is 91.6 cm³/mol. The Morgan fingerprint density at radius 3 is 2.57 bits per heavy atom. The highest BCUT2D eigenvalue weighted by Gasteiger charge is 2.02. The van der Waals surface area contributed by atoms with Gasteiger partial charge in [-0.05, 0) is 56.1 Å². The molecule has 21 heavy (non-hydrogen) atoms. The Kier molecular flexibility index (Phi) is 6.55. The molecule has 1 unspecified atom stereocenters. The molecule has 0 radical (unpaired) electrons. The largest absolute Gasteiger partial charge is 0.488 e. The van der Waals surface area contributed by atoms with Crippen LogP contribution in [0.3, 0.4) is 0 Å². The highest BCUT2D eigenvalue weighted by Crippen LogP contribution is 2.23. The predicted octanol–water partition coefficient (Wildman–Crippen LogP) is 4.91. The van der Waals surface area contributed by atoms with Crippen LogP contribution in [0, 0.1) is 0 Å². The van der Waals surface area contributed by atoms with Crippen LogP contribution in [0.15, 0.2) is 36.4 Å². The van der Waals surface area contributed by atoms with Crippen LogP contribution in [0.25, 0.3) is 0 Å². The van der Waals surface area contributed by atoms with Gasteiger partial charge in [0.2, 0.25) is 0 Å². The first-order chi connectivity index (χ1) is 10.2. The van der Waals surface area contributed by atoms with E-state index in [1.807, 2.05) is 24.3 Å². The van der Waals surface area contributed by atoms with Gasteiger partial charge in [-0.1, -0.05) is 30.7 Å². The van der Waals surface area contributed by atoms with Crippen LogP contribution in [-0.4, -0.2) is 12.6 Å². The number of ether oxygens (including phenoxy) is 1. The van der Waals surface area contributed by atoms with E-state index in [0.717, 1.165) is 34.3 Å². The molecule has 0 amide bonds. The number of hydrogen-bond donors (Lipinski definition) is 1. The molecule has 0 aliphatic heterocycles. The molecule has 4 heteroatoms. The van der Waals surface area contributed by atoms with E-state index in [-0.39, 0.29) is 0 Å². The lowest BCUT2D eigenvalue weighted by atomic mass is 10.1. The van der Waals surface area contributed by atoms with Crippen LogP contribution in [0.1, 0.15) is 30.7 Å². The second-order valence-electron chi connectivity index (χ2n) is 5.14. The first kappa shape index (κ1) is 16.3. The van der Waals surface area contributed by atoms with Crippen molar-refractivity contribution in [2.24, 2.45) is 0 Å². The normalized spacial score (nSPS) is 12.3. The van der Waals surface area contributed by atoms with Gasteiger partial charge in [-0.15, -0.1) is 11.3 Å². The van der Waals surface area contributed by atoms with Gasteiger partial charge in [0.15, 0.2) is 0 Å². The summed E-state index contributed by atoms with van der Waals surface area (Å²) in [7, 11) is 0. The van der Waals surface area contributed by atoms with Crippen molar-refractivity contribution in [1.82, 2.24) is 5.32 Å². The van der Waals surface area contributed by atoms with Gasteiger partial charge in [-0.25, -0.2) is 0 Å². The summed E-state index contributed by atoms with van der Waals surface area (Å²) in [5, 5.41) is 3.43. The number of rotatable bonds is 8. The summed E-state index contributed by atoms with van der Waals surface area (Å²) in [6.07, 6.45) is 2.25. The molecule has 1 heterocycles. The van der Waals surface area contributed by atoms with Gasteiger partial charge < -0.3 is 10.1 Å². The minimum absolute atomic E-state index is 0.564. The Labute approximate surface area is 136 Å². The van der Waals surface area contributed by atoms with Crippen LogP contribution < -0.4 is 10.1 Å². The lowest BCUT2D eigenvalue weighted by molar-refractivity contribution is 0.309. The van der Waals surface area contributed by atoms with Gasteiger partial charge in [0.25, 0.3) is 0 Å². The zero-order valence-corrected chi connectivity index (χ0v) is 14.1. The van der Waals surface area contributed by atoms with E-state index >= 15 is 0 Å². The van der Waals surface area contributed by atoms with Crippen LogP contribution in [0.4, 0.5) is 0 Å². The summed E-state index contributed by atoms with van der Waals surface area (Å²) >= 11 is 7.46. The molecule has 1 aromatic carbocycles. The monoisotopic (exact) mass is 323 g/mol. The van der Waals surface area contributed by atoms with Crippen molar-refractivity contribution in [2.75, 3.05) is 6.54 Å². The molecule has 2 aromatic rings. The maximum Gasteiger partial charge on any atom is 0.122 e. The van der Waals surface area contributed by atoms with Crippen LogP contribution >= 0.6 is 22.9 Å². The van der Waals surface area contributed by atoms with Gasteiger partial charge in [0.1, 0.15) is 12.4 Å². The fourth-order valence-electron chi connectivity index (χ4n) is 2.17. The molecule has 0 spiro atoms. The molecule has 0 saturated heterocycles. The van der Waals surface area contributed by atoms with E-state index in [9.17, 15) is 0 Å². The lowest BCUT2D eigenvalue weighted by Crippen LogP contribution is -2.25. The van der Waals surface area contributed by atoms with Crippen molar-refractivity contribution in [2.45, 2.75) is 39.3 Å². The van der Waals surface area contributed by atoms with Crippen molar-refractivity contribution in [3.8, 4) is 5.75 Å². The molecule has 0 aliphatic carbocycles. The number of thiophene rings is 1. The molecule has 2 nitrogen and oxygen atoms in total. The number of benzene rings is 1. The zero-order chi connectivity index (χ0) is 15.1. The van der Waals surface area contributed by atoms with Crippen molar-refractivity contribution < 1.29 is 4.74 Å². The Morgan fingerprint density at radius 2 is 1.95 bits per heavy atom. The molecule has 0 aliphatic rings. The van der Waals surface area contributed by atoms with Gasteiger partial charge in [0, 0.05) is 10.9 Å². The van der Waals surface area contributed by atoms with Crippen LogP contribution in [-0.2, 0) is 13.0 Å². The third-order valence-electron chi connectivity index (χ3n) is 3.35. The smallest absolute Gasteiger partial charge is 0.122 e. The summed E-state index contributed by atoms with van der Waals surface area (Å²) < 4.78 is 6.57. The quantitative estimate of drug-likeness (QED) is 0.745. The maximum absolute atomic E-state index is 5.90. The minimum Gasteiger partial charge on any atom is -0.488 e. The van der Waals surface area contributed by atoms with Gasteiger partial charge in [0.05, 0.1) is 4.34 Å². The van der Waals surface area contributed by atoms with E-state index in [4.69, 9.17) is 16.3 Å².